The highest BCUT2D eigenvalue weighted by atomic mass is 16.5. The third-order valence-electron chi connectivity index (χ3n) is 3.45. The number of ether oxygens (including phenoxy) is 1. The highest BCUT2D eigenvalue weighted by molar-refractivity contribution is 5.76. The second kappa shape index (κ2) is 5.83. The average molecular weight is 243 g/mol. The van der Waals surface area contributed by atoms with Crippen LogP contribution in [0.5, 0.6) is 0 Å². The lowest BCUT2D eigenvalue weighted by molar-refractivity contribution is -0.152. The maximum Gasteiger partial charge on any atom is 0.312 e. The van der Waals surface area contributed by atoms with Crippen molar-refractivity contribution in [3.05, 3.63) is 0 Å². The van der Waals surface area contributed by atoms with Crippen LogP contribution in [-0.2, 0) is 9.53 Å². The van der Waals surface area contributed by atoms with E-state index in [0.717, 1.165) is 25.8 Å². The first kappa shape index (κ1) is 14.5. The van der Waals surface area contributed by atoms with Gasteiger partial charge in [-0.3, -0.25) is 9.69 Å². The molecule has 100 valence electrons. The minimum Gasteiger partial charge on any atom is -0.469 e. The highest BCUT2D eigenvalue weighted by Crippen LogP contribution is 2.27. The molecule has 0 spiro atoms. The first-order chi connectivity index (χ1) is 7.86. The number of nitrogens with zero attached hydrogens (tertiary/aromatic N) is 1. The summed E-state index contributed by atoms with van der Waals surface area (Å²) in [5.41, 5.74) is -0.476. The summed E-state index contributed by atoms with van der Waals surface area (Å²) in [7, 11) is 1.43. The number of carbonyl (C=O) groups is 1. The molecule has 1 aliphatic rings. The van der Waals surface area contributed by atoms with Crippen molar-refractivity contribution < 1.29 is 14.6 Å². The van der Waals surface area contributed by atoms with Crippen molar-refractivity contribution in [2.75, 3.05) is 20.2 Å². The van der Waals surface area contributed by atoms with Gasteiger partial charge in [-0.15, -0.1) is 0 Å². The molecule has 4 heteroatoms. The Morgan fingerprint density at radius 2 is 2.24 bits per heavy atom. The molecule has 1 saturated heterocycles. The summed E-state index contributed by atoms with van der Waals surface area (Å²) >= 11 is 0. The van der Waals surface area contributed by atoms with Gasteiger partial charge in [-0.2, -0.15) is 0 Å². The second-order valence-corrected chi connectivity index (χ2v) is 5.73. The minimum atomic E-state index is -0.476. The van der Waals surface area contributed by atoms with Gasteiger partial charge in [0.25, 0.3) is 0 Å². The zero-order valence-corrected chi connectivity index (χ0v) is 11.4. The molecule has 1 rings (SSSR count). The molecule has 1 aliphatic heterocycles. The summed E-state index contributed by atoms with van der Waals surface area (Å²) < 4.78 is 4.83. The average Bonchev–Trinajstić information content (AvgIpc) is 2.63. The number of aliphatic hydroxyl groups excluding tert-OH is 1. The van der Waals surface area contributed by atoms with Gasteiger partial charge in [-0.05, 0) is 46.6 Å². The number of aliphatic hydroxyl groups is 1. The molecule has 0 radical (unpaired) electrons. The second-order valence-electron chi connectivity index (χ2n) is 5.73. The van der Waals surface area contributed by atoms with E-state index < -0.39 is 5.41 Å². The van der Waals surface area contributed by atoms with Gasteiger partial charge in [0.2, 0.25) is 0 Å². The van der Waals surface area contributed by atoms with Crippen LogP contribution in [0.4, 0.5) is 0 Å². The summed E-state index contributed by atoms with van der Waals surface area (Å²) in [4.78, 5) is 14.0. The first-order valence-electron chi connectivity index (χ1n) is 6.37. The minimum absolute atomic E-state index is 0.166. The quantitative estimate of drug-likeness (QED) is 0.742. The number of hydrogen-bond donors (Lipinski definition) is 1. The van der Waals surface area contributed by atoms with E-state index >= 15 is 0 Å². The number of methoxy groups -OCH3 is 1. The van der Waals surface area contributed by atoms with Crippen LogP contribution in [0.3, 0.4) is 0 Å². The van der Waals surface area contributed by atoms with Crippen molar-refractivity contribution in [3.8, 4) is 0 Å². The van der Waals surface area contributed by atoms with E-state index in [1.54, 1.807) is 0 Å². The smallest absolute Gasteiger partial charge is 0.312 e. The van der Waals surface area contributed by atoms with Crippen LogP contribution in [-0.4, -0.2) is 48.3 Å². The normalized spacial score (nSPS) is 23.7. The predicted molar refractivity (Wildman–Crippen MR) is 66.7 cm³/mol. The molecule has 0 saturated carbocycles. The number of esters is 1. The van der Waals surface area contributed by atoms with Crippen molar-refractivity contribution in [1.82, 2.24) is 4.90 Å². The number of rotatable bonds is 5. The Balaban J connectivity index is 2.57. The third kappa shape index (κ3) is 3.96. The standard InChI is InChI=1S/C13H25NO3/c1-10(15)8-11-6-5-7-14(11)9-13(2,3)12(16)17-4/h10-11,15H,5-9H2,1-4H3. The molecule has 1 fully saturated rings. The molecule has 0 aromatic rings. The van der Waals surface area contributed by atoms with E-state index in [0.29, 0.717) is 12.6 Å². The van der Waals surface area contributed by atoms with Gasteiger partial charge in [0.05, 0.1) is 18.6 Å². The van der Waals surface area contributed by atoms with Gasteiger partial charge < -0.3 is 9.84 Å². The highest BCUT2D eigenvalue weighted by Gasteiger charge is 2.35. The summed E-state index contributed by atoms with van der Waals surface area (Å²) in [5, 5.41) is 9.47. The van der Waals surface area contributed by atoms with Crippen LogP contribution < -0.4 is 0 Å². The van der Waals surface area contributed by atoms with Gasteiger partial charge in [0.1, 0.15) is 0 Å². The molecular weight excluding hydrogens is 218 g/mol. The molecule has 2 unspecified atom stereocenters. The number of hydrogen-bond acceptors (Lipinski definition) is 4. The lowest BCUT2D eigenvalue weighted by Gasteiger charge is -2.32. The topological polar surface area (TPSA) is 49.8 Å². The van der Waals surface area contributed by atoms with Gasteiger partial charge >= 0.3 is 5.97 Å². The molecule has 0 aromatic carbocycles. The molecule has 0 aromatic heterocycles. The van der Waals surface area contributed by atoms with E-state index in [9.17, 15) is 9.90 Å². The van der Waals surface area contributed by atoms with E-state index in [4.69, 9.17) is 4.74 Å². The van der Waals surface area contributed by atoms with Crippen LogP contribution in [0.25, 0.3) is 0 Å². The molecule has 1 heterocycles. The fourth-order valence-electron chi connectivity index (χ4n) is 2.61. The molecule has 4 nitrogen and oxygen atoms in total. The fraction of sp³-hybridized carbons (Fsp3) is 0.923. The Kier molecular flexibility index (Phi) is 4.95. The lowest BCUT2D eigenvalue weighted by Crippen LogP contribution is -2.42. The van der Waals surface area contributed by atoms with Crippen molar-refractivity contribution in [2.45, 2.75) is 52.2 Å². The van der Waals surface area contributed by atoms with Crippen LogP contribution >= 0.6 is 0 Å². The Morgan fingerprint density at radius 1 is 1.59 bits per heavy atom. The van der Waals surface area contributed by atoms with E-state index in [-0.39, 0.29) is 12.1 Å². The van der Waals surface area contributed by atoms with Crippen LogP contribution in [0, 0.1) is 5.41 Å². The molecule has 0 bridgehead atoms. The van der Waals surface area contributed by atoms with Gasteiger partial charge in [0, 0.05) is 12.6 Å². The van der Waals surface area contributed by atoms with Crippen molar-refractivity contribution >= 4 is 5.97 Å². The van der Waals surface area contributed by atoms with Crippen LogP contribution in [0.1, 0.15) is 40.0 Å². The maximum absolute atomic E-state index is 11.7. The van der Waals surface area contributed by atoms with Gasteiger partial charge in [0.15, 0.2) is 0 Å². The van der Waals surface area contributed by atoms with Crippen molar-refractivity contribution in [1.29, 1.82) is 0 Å². The SMILES string of the molecule is COC(=O)C(C)(C)CN1CCCC1CC(C)O. The number of likely N-dealkylation sites (tertiary alicyclic amines) is 1. The summed E-state index contributed by atoms with van der Waals surface area (Å²) in [6, 6.07) is 0.402. The molecule has 0 amide bonds. The largest absolute Gasteiger partial charge is 0.469 e. The van der Waals surface area contributed by atoms with E-state index in [1.807, 2.05) is 20.8 Å². The Labute approximate surface area is 104 Å². The Hall–Kier alpha value is -0.610. The summed E-state index contributed by atoms with van der Waals surface area (Å²) in [5.74, 6) is -0.166. The van der Waals surface area contributed by atoms with Crippen molar-refractivity contribution in [3.63, 3.8) is 0 Å². The molecule has 0 aliphatic carbocycles. The predicted octanol–water partition coefficient (Wildman–Crippen LogP) is 1.42. The maximum atomic E-state index is 11.7. The first-order valence-corrected chi connectivity index (χ1v) is 6.37. The molecule has 17 heavy (non-hydrogen) atoms. The summed E-state index contributed by atoms with van der Waals surface area (Å²) in [6.07, 6.45) is 2.77. The Morgan fingerprint density at radius 3 is 2.76 bits per heavy atom. The monoisotopic (exact) mass is 243 g/mol. The van der Waals surface area contributed by atoms with Crippen LogP contribution in [0.15, 0.2) is 0 Å². The van der Waals surface area contributed by atoms with E-state index in [1.165, 1.54) is 7.11 Å². The van der Waals surface area contributed by atoms with Gasteiger partial charge in [-0.1, -0.05) is 0 Å². The van der Waals surface area contributed by atoms with E-state index in [2.05, 4.69) is 4.90 Å². The summed E-state index contributed by atoms with van der Waals surface area (Å²) in [6.45, 7) is 7.37. The van der Waals surface area contributed by atoms with Crippen LogP contribution in [0.2, 0.25) is 0 Å². The zero-order valence-electron chi connectivity index (χ0n) is 11.4. The lowest BCUT2D eigenvalue weighted by atomic mass is 9.92. The molecule has 1 N–H and O–H groups in total. The zero-order chi connectivity index (χ0) is 13.1. The Bertz CT molecular complexity index is 263. The molecule has 2 atom stereocenters. The number of carbonyl (C=O) groups excluding carboxylic acids is 1. The third-order valence-corrected chi connectivity index (χ3v) is 3.45. The molecular formula is C13H25NO3. The van der Waals surface area contributed by atoms with Crippen molar-refractivity contribution in [2.24, 2.45) is 5.41 Å². The van der Waals surface area contributed by atoms with Gasteiger partial charge in [-0.25, -0.2) is 0 Å². The fourth-order valence-corrected chi connectivity index (χ4v) is 2.61.